The molecular formula is C17H15F2NO2. The number of fused-ring (bicyclic) bond motifs is 1. The minimum absolute atomic E-state index is 0.132. The van der Waals surface area contributed by atoms with Crippen molar-refractivity contribution in [2.24, 2.45) is 0 Å². The van der Waals surface area contributed by atoms with Crippen molar-refractivity contribution >= 4 is 11.6 Å². The van der Waals surface area contributed by atoms with Crippen LogP contribution in [0.4, 0.5) is 14.5 Å². The fourth-order valence-corrected chi connectivity index (χ4v) is 2.46. The third-order valence-corrected chi connectivity index (χ3v) is 3.60. The largest absolute Gasteiger partial charge is 0.493 e. The summed E-state index contributed by atoms with van der Waals surface area (Å²) in [7, 11) is 0. The fourth-order valence-electron chi connectivity index (χ4n) is 2.46. The molecular weight excluding hydrogens is 288 g/mol. The Morgan fingerprint density at radius 3 is 2.91 bits per heavy atom. The van der Waals surface area contributed by atoms with Crippen LogP contribution in [0.2, 0.25) is 0 Å². The maximum absolute atomic E-state index is 13.4. The number of hydrogen-bond donors (Lipinski definition) is 1. The van der Waals surface area contributed by atoms with Gasteiger partial charge in [0.2, 0.25) is 5.91 Å². The molecule has 0 aliphatic carbocycles. The van der Waals surface area contributed by atoms with Crippen molar-refractivity contribution in [3.8, 4) is 5.75 Å². The molecule has 3 rings (SSSR count). The lowest BCUT2D eigenvalue weighted by Crippen LogP contribution is -2.13. The fraction of sp³-hybridized carbons (Fsp3) is 0.235. The van der Waals surface area contributed by atoms with Crippen LogP contribution in [0.3, 0.4) is 0 Å². The van der Waals surface area contributed by atoms with Crippen LogP contribution in [0.1, 0.15) is 17.5 Å². The molecule has 0 aromatic heterocycles. The summed E-state index contributed by atoms with van der Waals surface area (Å²) < 4.78 is 31.9. The Kier molecular flexibility index (Phi) is 4.04. The van der Waals surface area contributed by atoms with Gasteiger partial charge in [-0.1, -0.05) is 12.1 Å². The summed E-state index contributed by atoms with van der Waals surface area (Å²) >= 11 is 0. The number of nitrogens with one attached hydrogen (secondary N) is 1. The molecule has 3 nitrogen and oxygen atoms in total. The van der Waals surface area contributed by atoms with Gasteiger partial charge in [-0.05, 0) is 35.7 Å². The molecule has 1 N–H and O–H groups in total. The van der Waals surface area contributed by atoms with E-state index in [0.29, 0.717) is 13.0 Å². The molecule has 1 amide bonds. The maximum atomic E-state index is 13.4. The van der Waals surface area contributed by atoms with Gasteiger partial charge in [0.25, 0.3) is 0 Å². The van der Waals surface area contributed by atoms with Gasteiger partial charge < -0.3 is 10.1 Å². The monoisotopic (exact) mass is 303 g/mol. The Hall–Kier alpha value is -2.43. The molecule has 0 spiro atoms. The van der Waals surface area contributed by atoms with Crippen LogP contribution >= 0.6 is 0 Å². The van der Waals surface area contributed by atoms with Gasteiger partial charge in [-0.25, -0.2) is 8.78 Å². The first-order valence-electron chi connectivity index (χ1n) is 7.11. The van der Waals surface area contributed by atoms with Gasteiger partial charge in [0, 0.05) is 18.9 Å². The first kappa shape index (κ1) is 14.5. The second-order valence-corrected chi connectivity index (χ2v) is 5.21. The maximum Gasteiger partial charge on any atom is 0.224 e. The van der Waals surface area contributed by atoms with Crippen LogP contribution in [0.5, 0.6) is 5.75 Å². The van der Waals surface area contributed by atoms with Crippen molar-refractivity contribution in [3.05, 3.63) is 59.2 Å². The lowest BCUT2D eigenvalue weighted by atomic mass is 10.0. The van der Waals surface area contributed by atoms with E-state index in [0.717, 1.165) is 41.5 Å². The molecule has 1 aliphatic heterocycles. The molecule has 0 bridgehead atoms. The Morgan fingerprint density at radius 2 is 2.05 bits per heavy atom. The highest BCUT2D eigenvalue weighted by atomic mass is 19.1. The number of carbonyl (C=O) groups excluding carboxylic acids is 1. The number of amides is 1. The summed E-state index contributed by atoms with van der Waals surface area (Å²) in [6, 6.07) is 8.82. The van der Waals surface area contributed by atoms with E-state index in [4.69, 9.17) is 4.74 Å². The van der Waals surface area contributed by atoms with Gasteiger partial charge >= 0.3 is 0 Å². The van der Waals surface area contributed by atoms with Gasteiger partial charge in [0.1, 0.15) is 17.4 Å². The minimum Gasteiger partial charge on any atom is -0.493 e. The highest BCUT2D eigenvalue weighted by Gasteiger charge is 2.13. The van der Waals surface area contributed by atoms with E-state index in [-0.39, 0.29) is 18.0 Å². The SMILES string of the molecule is O=C(CCc1ccc2c(c1)CCO2)Nc1cc(F)ccc1F. The van der Waals surface area contributed by atoms with Gasteiger partial charge in [0.15, 0.2) is 0 Å². The van der Waals surface area contributed by atoms with E-state index in [1.165, 1.54) is 0 Å². The molecule has 1 heterocycles. The smallest absolute Gasteiger partial charge is 0.224 e. The topological polar surface area (TPSA) is 38.3 Å². The standard InChI is InChI=1S/C17H15F2NO2/c18-13-3-4-14(19)15(10-13)20-17(21)6-2-11-1-5-16-12(9-11)7-8-22-16/h1,3-5,9-10H,2,6-8H2,(H,20,21). The normalized spacial score (nSPS) is 12.6. The second kappa shape index (κ2) is 6.13. The van der Waals surface area contributed by atoms with Gasteiger partial charge in [-0.3, -0.25) is 4.79 Å². The van der Waals surface area contributed by atoms with Gasteiger partial charge in [0.05, 0.1) is 12.3 Å². The van der Waals surface area contributed by atoms with E-state index >= 15 is 0 Å². The molecule has 114 valence electrons. The number of aryl methyl sites for hydroxylation is 1. The average Bonchev–Trinajstić information content (AvgIpc) is 2.96. The molecule has 0 radical (unpaired) electrons. The minimum atomic E-state index is -0.649. The van der Waals surface area contributed by atoms with Crippen LogP contribution in [0.25, 0.3) is 0 Å². The Labute approximate surface area is 126 Å². The molecule has 0 saturated heterocycles. The zero-order valence-corrected chi connectivity index (χ0v) is 11.9. The van der Waals surface area contributed by atoms with E-state index in [1.54, 1.807) is 0 Å². The molecule has 2 aromatic carbocycles. The lowest BCUT2D eigenvalue weighted by Gasteiger charge is -2.07. The number of ether oxygens (including phenoxy) is 1. The summed E-state index contributed by atoms with van der Waals surface area (Å²) in [5, 5.41) is 2.39. The molecule has 1 aliphatic rings. The van der Waals surface area contributed by atoms with E-state index < -0.39 is 11.6 Å². The Balaban J connectivity index is 1.59. The highest BCUT2D eigenvalue weighted by Crippen LogP contribution is 2.26. The molecule has 5 heteroatoms. The molecule has 0 fully saturated rings. The van der Waals surface area contributed by atoms with Crippen LogP contribution < -0.4 is 10.1 Å². The van der Waals surface area contributed by atoms with E-state index in [1.807, 2.05) is 18.2 Å². The second-order valence-electron chi connectivity index (χ2n) is 5.21. The van der Waals surface area contributed by atoms with Gasteiger partial charge in [-0.15, -0.1) is 0 Å². The van der Waals surface area contributed by atoms with Crippen molar-refractivity contribution in [2.75, 3.05) is 11.9 Å². The summed E-state index contributed by atoms with van der Waals surface area (Å²) in [6.45, 7) is 0.693. The molecule has 2 aromatic rings. The van der Waals surface area contributed by atoms with Crippen molar-refractivity contribution in [1.82, 2.24) is 0 Å². The molecule has 0 unspecified atom stereocenters. The third kappa shape index (κ3) is 3.24. The summed E-state index contributed by atoms with van der Waals surface area (Å²) in [4.78, 5) is 11.9. The quantitative estimate of drug-likeness (QED) is 0.939. The number of rotatable bonds is 4. The molecule has 22 heavy (non-hydrogen) atoms. The first-order chi connectivity index (χ1) is 10.6. The van der Waals surface area contributed by atoms with Crippen molar-refractivity contribution in [3.63, 3.8) is 0 Å². The zero-order valence-electron chi connectivity index (χ0n) is 11.9. The number of anilines is 1. The first-order valence-corrected chi connectivity index (χ1v) is 7.11. The lowest BCUT2D eigenvalue weighted by molar-refractivity contribution is -0.116. The number of benzene rings is 2. The Morgan fingerprint density at radius 1 is 1.18 bits per heavy atom. The van der Waals surface area contributed by atoms with Crippen LogP contribution in [0, 0.1) is 11.6 Å². The Bertz CT molecular complexity index is 716. The predicted molar refractivity (Wildman–Crippen MR) is 78.9 cm³/mol. The van der Waals surface area contributed by atoms with E-state index in [2.05, 4.69) is 5.32 Å². The van der Waals surface area contributed by atoms with Gasteiger partial charge in [-0.2, -0.15) is 0 Å². The summed E-state index contributed by atoms with van der Waals surface area (Å²) in [5.41, 5.74) is 2.04. The third-order valence-electron chi connectivity index (χ3n) is 3.60. The summed E-state index contributed by atoms with van der Waals surface area (Å²) in [6.07, 6.45) is 1.62. The van der Waals surface area contributed by atoms with Crippen molar-refractivity contribution in [2.45, 2.75) is 19.3 Å². The number of hydrogen-bond acceptors (Lipinski definition) is 2. The van der Waals surface area contributed by atoms with Crippen LogP contribution in [-0.2, 0) is 17.6 Å². The van der Waals surface area contributed by atoms with Crippen molar-refractivity contribution < 1.29 is 18.3 Å². The molecule has 0 atom stereocenters. The summed E-state index contributed by atoms with van der Waals surface area (Å²) in [5.74, 6) is -0.684. The molecule has 0 saturated carbocycles. The predicted octanol–water partition coefficient (Wildman–Crippen LogP) is 3.47. The number of carbonyl (C=O) groups is 1. The average molecular weight is 303 g/mol. The number of halogens is 2. The highest BCUT2D eigenvalue weighted by molar-refractivity contribution is 5.90. The van der Waals surface area contributed by atoms with Crippen LogP contribution in [-0.4, -0.2) is 12.5 Å². The van der Waals surface area contributed by atoms with E-state index in [9.17, 15) is 13.6 Å². The zero-order chi connectivity index (χ0) is 15.5. The van der Waals surface area contributed by atoms with Crippen molar-refractivity contribution in [1.29, 1.82) is 0 Å². The van der Waals surface area contributed by atoms with Crippen LogP contribution in [0.15, 0.2) is 36.4 Å².